The van der Waals surface area contributed by atoms with Crippen molar-refractivity contribution in [1.29, 1.82) is 0 Å². The molecule has 1 aromatic carbocycles. The molecule has 0 atom stereocenters. The van der Waals surface area contributed by atoms with Gasteiger partial charge in [-0.25, -0.2) is 4.98 Å². The Morgan fingerprint density at radius 3 is 2.74 bits per heavy atom. The van der Waals surface area contributed by atoms with Crippen LogP contribution in [0.5, 0.6) is 0 Å². The van der Waals surface area contributed by atoms with Crippen molar-refractivity contribution in [2.75, 3.05) is 6.54 Å². The number of nitrogens with one attached hydrogen (secondary N) is 1. The summed E-state index contributed by atoms with van der Waals surface area (Å²) < 4.78 is 0. The van der Waals surface area contributed by atoms with Crippen LogP contribution in [0.15, 0.2) is 24.5 Å². The summed E-state index contributed by atoms with van der Waals surface area (Å²) >= 11 is 11.9. The number of rotatable bonds is 1. The molecule has 0 saturated carbocycles. The topological polar surface area (TPSA) is 49.0 Å². The van der Waals surface area contributed by atoms with Crippen LogP contribution in [0.3, 0.4) is 0 Å². The molecule has 1 aliphatic rings. The van der Waals surface area contributed by atoms with Crippen molar-refractivity contribution in [1.82, 2.24) is 14.9 Å². The predicted molar refractivity (Wildman–Crippen MR) is 73.5 cm³/mol. The number of aromatic nitrogens is 2. The Kier molecular flexibility index (Phi) is 3.21. The number of halogens is 2. The highest BCUT2D eigenvalue weighted by molar-refractivity contribution is 6.35. The molecule has 0 fully saturated rings. The first-order chi connectivity index (χ1) is 9.13. The summed E-state index contributed by atoms with van der Waals surface area (Å²) in [6, 6.07) is 4.89. The van der Waals surface area contributed by atoms with Crippen molar-refractivity contribution in [3.05, 3.63) is 51.5 Å². The summed E-state index contributed by atoms with van der Waals surface area (Å²) in [5.74, 6) is -0.0651. The number of aromatic amines is 1. The van der Waals surface area contributed by atoms with Crippen LogP contribution < -0.4 is 0 Å². The molecule has 0 unspecified atom stereocenters. The molecule has 98 valence electrons. The van der Waals surface area contributed by atoms with Gasteiger partial charge in [0.15, 0.2) is 0 Å². The minimum absolute atomic E-state index is 0.0651. The van der Waals surface area contributed by atoms with Crippen LogP contribution in [-0.2, 0) is 13.0 Å². The average molecular weight is 296 g/mol. The van der Waals surface area contributed by atoms with E-state index < -0.39 is 0 Å². The number of hydrogen-bond donors (Lipinski definition) is 1. The molecule has 1 N–H and O–H groups in total. The molecule has 1 amide bonds. The smallest absolute Gasteiger partial charge is 0.254 e. The van der Waals surface area contributed by atoms with Crippen molar-refractivity contribution in [3.63, 3.8) is 0 Å². The fraction of sp³-hybridized carbons (Fsp3) is 0.231. The molecule has 4 nitrogen and oxygen atoms in total. The first kappa shape index (κ1) is 12.5. The van der Waals surface area contributed by atoms with Gasteiger partial charge >= 0.3 is 0 Å². The number of carbonyl (C=O) groups is 1. The van der Waals surface area contributed by atoms with Crippen molar-refractivity contribution in [3.8, 4) is 0 Å². The van der Waals surface area contributed by atoms with Gasteiger partial charge in [-0.05, 0) is 18.2 Å². The summed E-state index contributed by atoms with van der Waals surface area (Å²) in [5, 5.41) is 0.935. The molecule has 6 heteroatoms. The van der Waals surface area contributed by atoms with Gasteiger partial charge in [-0.1, -0.05) is 23.2 Å². The van der Waals surface area contributed by atoms with Crippen LogP contribution in [-0.4, -0.2) is 27.3 Å². The second-order valence-electron chi connectivity index (χ2n) is 4.46. The van der Waals surface area contributed by atoms with Crippen molar-refractivity contribution >= 4 is 29.1 Å². The Morgan fingerprint density at radius 1 is 1.26 bits per heavy atom. The lowest BCUT2D eigenvalue weighted by Gasteiger charge is -2.26. The second kappa shape index (κ2) is 4.87. The lowest BCUT2D eigenvalue weighted by molar-refractivity contribution is 0.0732. The zero-order valence-corrected chi connectivity index (χ0v) is 11.5. The fourth-order valence-corrected chi connectivity index (χ4v) is 2.77. The average Bonchev–Trinajstić information content (AvgIpc) is 2.83. The van der Waals surface area contributed by atoms with E-state index in [9.17, 15) is 4.79 Å². The third-order valence-corrected chi connectivity index (χ3v) is 3.61. The van der Waals surface area contributed by atoms with Gasteiger partial charge in [-0.3, -0.25) is 4.79 Å². The van der Waals surface area contributed by atoms with E-state index in [0.717, 1.165) is 17.8 Å². The third kappa shape index (κ3) is 2.46. The number of amides is 1. The summed E-state index contributed by atoms with van der Waals surface area (Å²) in [6.07, 6.45) is 2.42. The second-order valence-corrected chi connectivity index (χ2v) is 5.34. The van der Waals surface area contributed by atoms with Crippen molar-refractivity contribution in [2.45, 2.75) is 13.0 Å². The SMILES string of the molecule is O=C(c1cc(Cl)cc(Cl)c1)N1CCc2nc[nH]c2C1. The van der Waals surface area contributed by atoms with Crippen LogP contribution >= 0.6 is 23.2 Å². The van der Waals surface area contributed by atoms with E-state index in [4.69, 9.17) is 23.2 Å². The number of nitrogens with zero attached hydrogens (tertiary/aromatic N) is 2. The first-order valence-electron chi connectivity index (χ1n) is 5.90. The van der Waals surface area contributed by atoms with Gasteiger partial charge in [-0.15, -0.1) is 0 Å². The van der Waals surface area contributed by atoms with Gasteiger partial charge in [0.05, 0.1) is 24.3 Å². The number of carbonyl (C=O) groups excluding carboxylic acids is 1. The molecule has 0 spiro atoms. The molecule has 0 aliphatic carbocycles. The predicted octanol–water partition coefficient (Wildman–Crippen LogP) is 2.92. The van der Waals surface area contributed by atoms with E-state index in [1.807, 2.05) is 0 Å². The molecule has 2 heterocycles. The van der Waals surface area contributed by atoms with E-state index in [1.54, 1.807) is 29.4 Å². The number of imidazole rings is 1. The fourth-order valence-electron chi connectivity index (χ4n) is 2.25. The lowest BCUT2D eigenvalue weighted by Crippen LogP contribution is -2.36. The molecule has 0 radical (unpaired) electrons. The summed E-state index contributed by atoms with van der Waals surface area (Å²) in [5.41, 5.74) is 2.54. The number of H-pyrrole nitrogens is 1. The Hall–Kier alpha value is -1.52. The zero-order valence-electron chi connectivity index (χ0n) is 9.99. The maximum Gasteiger partial charge on any atom is 0.254 e. The summed E-state index contributed by atoms with van der Waals surface area (Å²) in [6.45, 7) is 1.19. The van der Waals surface area contributed by atoms with Crippen LogP contribution in [0, 0.1) is 0 Å². The number of fused-ring (bicyclic) bond motifs is 1. The van der Waals surface area contributed by atoms with E-state index in [1.165, 1.54) is 0 Å². The molecule has 1 aliphatic heterocycles. The quantitative estimate of drug-likeness (QED) is 0.879. The maximum atomic E-state index is 12.4. The van der Waals surface area contributed by atoms with Gasteiger partial charge in [-0.2, -0.15) is 0 Å². The molecule has 0 saturated heterocycles. The van der Waals surface area contributed by atoms with Gasteiger partial charge in [0.25, 0.3) is 5.91 Å². The molecule has 3 rings (SSSR count). The van der Waals surface area contributed by atoms with Crippen LogP contribution in [0.4, 0.5) is 0 Å². The van der Waals surface area contributed by atoms with Gasteiger partial charge in [0.2, 0.25) is 0 Å². The first-order valence-corrected chi connectivity index (χ1v) is 6.65. The third-order valence-electron chi connectivity index (χ3n) is 3.17. The highest BCUT2D eigenvalue weighted by Gasteiger charge is 2.23. The minimum atomic E-state index is -0.0651. The van der Waals surface area contributed by atoms with Crippen LogP contribution in [0.25, 0.3) is 0 Å². The van der Waals surface area contributed by atoms with Crippen molar-refractivity contribution < 1.29 is 4.79 Å². The van der Waals surface area contributed by atoms with Gasteiger partial charge < -0.3 is 9.88 Å². The minimum Gasteiger partial charge on any atom is -0.347 e. The van der Waals surface area contributed by atoms with Gasteiger partial charge in [0, 0.05) is 28.6 Å². The molecule has 0 bridgehead atoms. The lowest BCUT2D eigenvalue weighted by atomic mass is 10.1. The molecular formula is C13H11Cl2N3O. The van der Waals surface area contributed by atoms with E-state index in [0.29, 0.717) is 28.7 Å². The Balaban J connectivity index is 1.85. The van der Waals surface area contributed by atoms with E-state index in [-0.39, 0.29) is 5.91 Å². The number of hydrogen-bond acceptors (Lipinski definition) is 2. The summed E-state index contributed by atoms with van der Waals surface area (Å²) in [7, 11) is 0. The maximum absolute atomic E-state index is 12.4. The molecule has 19 heavy (non-hydrogen) atoms. The Morgan fingerprint density at radius 2 is 2.00 bits per heavy atom. The normalized spacial score (nSPS) is 14.3. The Bertz CT molecular complexity index is 618. The largest absolute Gasteiger partial charge is 0.347 e. The molecule has 1 aromatic heterocycles. The van der Waals surface area contributed by atoms with Crippen molar-refractivity contribution in [2.24, 2.45) is 0 Å². The zero-order chi connectivity index (χ0) is 13.4. The van der Waals surface area contributed by atoms with Crippen LogP contribution in [0.1, 0.15) is 21.7 Å². The van der Waals surface area contributed by atoms with Crippen LogP contribution in [0.2, 0.25) is 10.0 Å². The molecule has 2 aromatic rings. The highest BCUT2D eigenvalue weighted by Crippen LogP contribution is 2.22. The van der Waals surface area contributed by atoms with E-state index in [2.05, 4.69) is 9.97 Å². The Labute approximate surface area is 120 Å². The number of benzene rings is 1. The van der Waals surface area contributed by atoms with E-state index >= 15 is 0 Å². The standard InChI is InChI=1S/C13H11Cl2N3O/c14-9-3-8(4-10(15)5-9)13(19)18-2-1-11-12(6-18)17-7-16-11/h3-5,7H,1-2,6H2,(H,16,17). The highest BCUT2D eigenvalue weighted by atomic mass is 35.5. The monoisotopic (exact) mass is 295 g/mol. The summed E-state index contributed by atoms with van der Waals surface area (Å²) in [4.78, 5) is 21.5. The molecular weight excluding hydrogens is 285 g/mol. The van der Waals surface area contributed by atoms with Gasteiger partial charge in [0.1, 0.15) is 0 Å².